The summed E-state index contributed by atoms with van der Waals surface area (Å²) in [6, 6.07) is 3.41. The van der Waals surface area contributed by atoms with E-state index < -0.39 is 0 Å². The van der Waals surface area contributed by atoms with E-state index in [1.54, 1.807) is 18.3 Å². The number of likely N-dealkylation sites (tertiary alicyclic amines) is 1. The van der Waals surface area contributed by atoms with Crippen LogP contribution in [-0.4, -0.2) is 44.9 Å². The van der Waals surface area contributed by atoms with Crippen molar-refractivity contribution >= 4 is 11.0 Å². The van der Waals surface area contributed by atoms with Gasteiger partial charge in [-0.1, -0.05) is 0 Å². The van der Waals surface area contributed by atoms with Crippen molar-refractivity contribution in [1.82, 2.24) is 25.0 Å². The lowest BCUT2D eigenvalue weighted by atomic mass is 10.4. The first-order chi connectivity index (χ1) is 8.84. The molecule has 1 aliphatic heterocycles. The van der Waals surface area contributed by atoms with Crippen LogP contribution in [0.3, 0.4) is 0 Å². The molecule has 18 heavy (non-hydrogen) atoms. The van der Waals surface area contributed by atoms with Crippen LogP contribution in [0.4, 0.5) is 0 Å². The summed E-state index contributed by atoms with van der Waals surface area (Å²) in [7, 11) is 0. The lowest BCUT2D eigenvalue weighted by molar-refractivity contribution is -0.000289. The third-order valence-corrected chi connectivity index (χ3v) is 2.96. The van der Waals surface area contributed by atoms with Gasteiger partial charge in [0.05, 0.1) is 0 Å². The Morgan fingerprint density at radius 1 is 1.33 bits per heavy atom. The van der Waals surface area contributed by atoms with E-state index >= 15 is 0 Å². The summed E-state index contributed by atoms with van der Waals surface area (Å²) < 4.78 is 0. The maximum atomic E-state index is 12.0. The molecule has 0 spiro atoms. The molecule has 7 nitrogen and oxygen atoms in total. The minimum Gasteiger partial charge on any atom is -0.376 e. The van der Waals surface area contributed by atoms with Crippen molar-refractivity contribution in [3.63, 3.8) is 0 Å². The summed E-state index contributed by atoms with van der Waals surface area (Å²) >= 11 is 0. The zero-order valence-electron chi connectivity index (χ0n) is 9.82. The van der Waals surface area contributed by atoms with E-state index in [-0.39, 0.29) is 11.1 Å². The van der Waals surface area contributed by atoms with Gasteiger partial charge in [-0.05, 0) is 35.0 Å². The van der Waals surface area contributed by atoms with Crippen LogP contribution in [-0.2, 0) is 0 Å². The van der Waals surface area contributed by atoms with Gasteiger partial charge in [-0.15, -0.1) is 5.10 Å². The van der Waals surface area contributed by atoms with Gasteiger partial charge in [0.1, 0.15) is 5.52 Å². The first-order valence-electron chi connectivity index (χ1n) is 5.91. The third kappa shape index (κ3) is 2.04. The molecule has 0 atom stereocenters. The molecular formula is C11H13N5O2. The molecule has 0 aliphatic carbocycles. The van der Waals surface area contributed by atoms with Gasteiger partial charge in [0.25, 0.3) is 0 Å². The highest BCUT2D eigenvalue weighted by atomic mass is 16.7. The normalized spacial score (nSPS) is 16.2. The molecule has 3 heterocycles. The molecule has 0 aromatic carbocycles. The summed E-state index contributed by atoms with van der Waals surface area (Å²) in [6.07, 6.45) is 3.89. The van der Waals surface area contributed by atoms with E-state index in [1.165, 1.54) is 12.8 Å². The molecule has 0 bridgehead atoms. The molecule has 0 saturated carbocycles. The molecule has 3 rings (SSSR count). The van der Waals surface area contributed by atoms with E-state index in [0.717, 1.165) is 17.9 Å². The summed E-state index contributed by atoms with van der Waals surface area (Å²) in [5.41, 5.74) is 0.372. The molecule has 0 amide bonds. The van der Waals surface area contributed by atoms with Gasteiger partial charge < -0.3 is 4.84 Å². The number of hydrogen-bond acceptors (Lipinski definition) is 6. The Kier molecular flexibility index (Phi) is 2.89. The van der Waals surface area contributed by atoms with Crippen molar-refractivity contribution in [2.45, 2.75) is 12.8 Å². The van der Waals surface area contributed by atoms with Gasteiger partial charge in [-0.3, -0.25) is 9.69 Å². The van der Waals surface area contributed by atoms with Crippen molar-refractivity contribution in [1.29, 1.82) is 0 Å². The zero-order chi connectivity index (χ0) is 12.4. The molecule has 1 saturated heterocycles. The first kappa shape index (κ1) is 11.1. The van der Waals surface area contributed by atoms with Crippen LogP contribution >= 0.6 is 0 Å². The minimum absolute atomic E-state index is 0.272. The topological polar surface area (TPSA) is 73.1 Å². The fourth-order valence-corrected chi connectivity index (χ4v) is 1.99. The van der Waals surface area contributed by atoms with Crippen molar-refractivity contribution in [3.05, 3.63) is 28.7 Å². The Labute approximate surface area is 103 Å². The second-order valence-electron chi connectivity index (χ2n) is 4.22. The van der Waals surface area contributed by atoms with Crippen LogP contribution in [0.1, 0.15) is 12.8 Å². The average molecular weight is 247 g/mol. The molecule has 1 aliphatic rings. The number of aromatic nitrogens is 4. The minimum atomic E-state index is -0.375. The number of nitrogens with zero attached hydrogens (tertiary/aromatic N) is 5. The Hall–Kier alpha value is -2.02. The van der Waals surface area contributed by atoms with Crippen LogP contribution in [0.25, 0.3) is 11.0 Å². The highest BCUT2D eigenvalue weighted by molar-refractivity contribution is 5.71. The van der Waals surface area contributed by atoms with E-state index in [9.17, 15) is 4.79 Å². The van der Waals surface area contributed by atoms with Crippen LogP contribution in [0.15, 0.2) is 23.1 Å². The monoisotopic (exact) mass is 247 g/mol. The van der Waals surface area contributed by atoms with Crippen molar-refractivity contribution in [2.24, 2.45) is 0 Å². The van der Waals surface area contributed by atoms with Gasteiger partial charge in [-0.2, -0.15) is 0 Å². The van der Waals surface area contributed by atoms with Crippen LogP contribution in [0, 0.1) is 0 Å². The Bertz CT molecular complexity index is 606. The molecule has 2 aromatic heterocycles. The largest absolute Gasteiger partial charge is 0.376 e. The van der Waals surface area contributed by atoms with Crippen molar-refractivity contribution in [3.8, 4) is 0 Å². The standard InChI is InChI=1S/C11H13N5O2/c17-11-10-9(4-3-5-12-10)13-14-16(11)18-8-15-6-1-2-7-15/h3-5H,1-2,6-8H2. The van der Waals surface area contributed by atoms with Crippen LogP contribution in [0.5, 0.6) is 0 Å². The van der Waals surface area contributed by atoms with Gasteiger partial charge in [0.15, 0.2) is 12.2 Å². The average Bonchev–Trinajstić information content (AvgIpc) is 2.91. The highest BCUT2D eigenvalue weighted by Gasteiger charge is 2.13. The highest BCUT2D eigenvalue weighted by Crippen LogP contribution is 2.05. The molecule has 1 fully saturated rings. The zero-order valence-corrected chi connectivity index (χ0v) is 9.82. The molecule has 94 valence electrons. The quantitative estimate of drug-likeness (QED) is 0.739. The number of hydrogen-bond donors (Lipinski definition) is 0. The van der Waals surface area contributed by atoms with Crippen molar-refractivity contribution < 1.29 is 4.84 Å². The van der Waals surface area contributed by atoms with Crippen LogP contribution < -0.4 is 10.4 Å². The van der Waals surface area contributed by atoms with E-state index in [2.05, 4.69) is 20.2 Å². The predicted octanol–water partition coefficient (Wildman–Crippen LogP) is -0.332. The number of pyridine rings is 1. The fourth-order valence-electron chi connectivity index (χ4n) is 1.99. The van der Waals surface area contributed by atoms with Crippen LogP contribution in [0.2, 0.25) is 0 Å². The first-order valence-corrected chi connectivity index (χ1v) is 5.91. The number of fused-ring (bicyclic) bond motifs is 1. The SMILES string of the molecule is O=c1c2ncccc2nnn1OCN1CCCC1. The summed E-state index contributed by atoms with van der Waals surface area (Å²) in [6.45, 7) is 2.34. The summed E-state index contributed by atoms with van der Waals surface area (Å²) in [5.74, 6) is 0. The van der Waals surface area contributed by atoms with Gasteiger partial charge in [-0.25, -0.2) is 4.98 Å². The summed E-state index contributed by atoms with van der Waals surface area (Å²) in [4.78, 5) is 24.4. The van der Waals surface area contributed by atoms with E-state index in [1.807, 2.05) is 0 Å². The second-order valence-corrected chi connectivity index (χ2v) is 4.22. The number of rotatable bonds is 3. The maximum Gasteiger partial charge on any atom is 0.332 e. The van der Waals surface area contributed by atoms with Crippen molar-refractivity contribution in [2.75, 3.05) is 19.8 Å². The predicted molar refractivity (Wildman–Crippen MR) is 63.8 cm³/mol. The lowest BCUT2D eigenvalue weighted by Crippen LogP contribution is -2.37. The molecule has 2 aromatic rings. The molecule has 7 heteroatoms. The Balaban J connectivity index is 1.83. The smallest absolute Gasteiger partial charge is 0.332 e. The van der Waals surface area contributed by atoms with Gasteiger partial charge >= 0.3 is 5.56 Å². The second kappa shape index (κ2) is 4.69. The van der Waals surface area contributed by atoms with Gasteiger partial charge in [0, 0.05) is 19.3 Å². The van der Waals surface area contributed by atoms with E-state index in [0.29, 0.717) is 12.2 Å². The van der Waals surface area contributed by atoms with E-state index in [4.69, 9.17) is 4.84 Å². The molecule has 0 unspecified atom stereocenters. The summed E-state index contributed by atoms with van der Waals surface area (Å²) in [5, 5.41) is 7.63. The molecule has 0 N–H and O–H groups in total. The molecule has 0 radical (unpaired) electrons. The van der Waals surface area contributed by atoms with Gasteiger partial charge in [0.2, 0.25) is 0 Å². The lowest BCUT2D eigenvalue weighted by Gasteiger charge is -2.14. The maximum absolute atomic E-state index is 12.0. The third-order valence-electron chi connectivity index (χ3n) is 2.96. The Morgan fingerprint density at radius 3 is 3.00 bits per heavy atom. The molecular weight excluding hydrogens is 234 g/mol. The Morgan fingerprint density at radius 2 is 2.17 bits per heavy atom. The fraction of sp³-hybridized carbons (Fsp3) is 0.455.